The number of ether oxygens (including phenoxy) is 2. The molecule has 0 unspecified atom stereocenters. The van der Waals surface area contributed by atoms with Crippen LogP contribution >= 0.6 is 11.8 Å². The van der Waals surface area contributed by atoms with E-state index in [1.54, 1.807) is 13.2 Å². The van der Waals surface area contributed by atoms with Crippen molar-refractivity contribution in [3.63, 3.8) is 0 Å². The molecular weight excluding hydrogens is 400 g/mol. The van der Waals surface area contributed by atoms with Crippen molar-refractivity contribution in [3.05, 3.63) is 60.2 Å². The van der Waals surface area contributed by atoms with E-state index < -0.39 is 0 Å². The molecule has 7 heteroatoms. The molecule has 2 aliphatic heterocycles. The number of hydrogen-bond acceptors (Lipinski definition) is 5. The van der Waals surface area contributed by atoms with Crippen LogP contribution in [0.25, 0.3) is 0 Å². The monoisotopic (exact) mass is 426 g/mol. The molecule has 6 nitrogen and oxygen atoms in total. The second kappa shape index (κ2) is 9.00. The summed E-state index contributed by atoms with van der Waals surface area (Å²) in [6.07, 6.45) is 1.54. The fourth-order valence-corrected chi connectivity index (χ4v) is 5.59. The van der Waals surface area contributed by atoms with E-state index in [0.717, 1.165) is 25.1 Å². The third kappa shape index (κ3) is 4.26. The van der Waals surface area contributed by atoms with Crippen LogP contribution in [0.3, 0.4) is 0 Å². The first-order valence-electron chi connectivity index (χ1n) is 10.2. The van der Waals surface area contributed by atoms with Crippen molar-refractivity contribution < 1.29 is 19.1 Å². The topological polar surface area (TPSA) is 59.1 Å². The van der Waals surface area contributed by atoms with Crippen molar-refractivity contribution in [1.82, 2.24) is 9.80 Å². The number of nitrogens with zero attached hydrogens (tertiary/aromatic N) is 2. The minimum atomic E-state index is -0.234. The van der Waals surface area contributed by atoms with Crippen LogP contribution in [0.2, 0.25) is 0 Å². The predicted octanol–water partition coefficient (Wildman–Crippen LogP) is 3.28. The fraction of sp³-hybridized carbons (Fsp3) is 0.391. The van der Waals surface area contributed by atoms with Crippen molar-refractivity contribution in [3.8, 4) is 11.5 Å². The van der Waals surface area contributed by atoms with Gasteiger partial charge in [0.15, 0.2) is 6.61 Å². The summed E-state index contributed by atoms with van der Waals surface area (Å²) in [7, 11) is 1.60. The molecule has 0 aromatic heterocycles. The number of benzene rings is 2. The highest BCUT2D eigenvalue weighted by molar-refractivity contribution is 8.00. The Morgan fingerprint density at radius 3 is 2.47 bits per heavy atom. The summed E-state index contributed by atoms with van der Waals surface area (Å²) in [4.78, 5) is 29.4. The van der Waals surface area contributed by atoms with Gasteiger partial charge in [-0.15, -0.1) is 11.8 Å². The number of piperidine rings is 1. The molecule has 2 fully saturated rings. The van der Waals surface area contributed by atoms with E-state index >= 15 is 0 Å². The summed E-state index contributed by atoms with van der Waals surface area (Å²) < 4.78 is 10.9. The van der Waals surface area contributed by atoms with Crippen LogP contribution in [0.5, 0.6) is 11.5 Å². The predicted molar refractivity (Wildman–Crippen MR) is 117 cm³/mol. The van der Waals surface area contributed by atoms with Gasteiger partial charge in [-0.1, -0.05) is 24.3 Å². The first-order chi connectivity index (χ1) is 14.6. The smallest absolute Gasteiger partial charge is 0.261 e. The Kier molecular flexibility index (Phi) is 6.18. The van der Waals surface area contributed by atoms with E-state index in [4.69, 9.17) is 9.47 Å². The maximum absolute atomic E-state index is 12.9. The summed E-state index contributed by atoms with van der Waals surface area (Å²) in [6, 6.07) is 16.7. The second-order valence-electron chi connectivity index (χ2n) is 7.47. The largest absolute Gasteiger partial charge is 0.497 e. The zero-order valence-corrected chi connectivity index (χ0v) is 17.9. The van der Waals surface area contributed by atoms with Gasteiger partial charge in [0.1, 0.15) is 11.5 Å². The SMILES string of the molecule is COc1cccc(C(=O)N2CCC3(CC2)SCCN3C(=O)COc2ccccc2)c1. The van der Waals surface area contributed by atoms with Crippen molar-refractivity contribution in [1.29, 1.82) is 0 Å². The Bertz CT molecular complexity index is 897. The zero-order valence-electron chi connectivity index (χ0n) is 17.1. The summed E-state index contributed by atoms with van der Waals surface area (Å²) in [6.45, 7) is 2.03. The van der Waals surface area contributed by atoms with Gasteiger partial charge in [0.2, 0.25) is 0 Å². The van der Waals surface area contributed by atoms with Crippen LogP contribution in [0.4, 0.5) is 0 Å². The van der Waals surface area contributed by atoms with Crippen LogP contribution in [0.1, 0.15) is 23.2 Å². The van der Waals surface area contributed by atoms with E-state index in [2.05, 4.69) is 0 Å². The molecule has 1 spiro atoms. The maximum Gasteiger partial charge on any atom is 0.261 e. The first kappa shape index (κ1) is 20.6. The standard InChI is InChI=1S/C23H26N2O4S/c1-28-20-9-5-6-18(16-20)22(27)24-12-10-23(11-13-24)25(14-15-30-23)21(26)17-29-19-7-3-2-4-8-19/h2-9,16H,10-15,17H2,1H3. The Morgan fingerprint density at radius 1 is 1.00 bits per heavy atom. The van der Waals surface area contributed by atoms with Crippen LogP contribution in [-0.4, -0.2) is 65.6 Å². The second-order valence-corrected chi connectivity index (χ2v) is 8.92. The van der Waals surface area contributed by atoms with Gasteiger partial charge in [-0.3, -0.25) is 9.59 Å². The highest BCUT2D eigenvalue weighted by atomic mass is 32.2. The molecule has 2 aromatic carbocycles. The molecule has 2 amide bonds. The molecule has 2 aliphatic rings. The molecule has 0 bridgehead atoms. The lowest BCUT2D eigenvalue weighted by Gasteiger charge is -2.44. The normalized spacial score (nSPS) is 17.8. The number of hydrogen-bond donors (Lipinski definition) is 0. The Balaban J connectivity index is 1.37. The van der Waals surface area contributed by atoms with Gasteiger partial charge in [0, 0.05) is 31.0 Å². The van der Waals surface area contributed by atoms with Crippen LogP contribution in [-0.2, 0) is 4.79 Å². The van der Waals surface area contributed by atoms with Gasteiger partial charge in [-0.05, 0) is 43.2 Å². The molecule has 0 atom stereocenters. The van der Waals surface area contributed by atoms with Gasteiger partial charge in [-0.2, -0.15) is 0 Å². The highest BCUT2D eigenvalue weighted by Gasteiger charge is 2.46. The fourth-order valence-electron chi connectivity index (χ4n) is 4.11. The van der Waals surface area contributed by atoms with Crippen molar-refractivity contribution in [2.75, 3.05) is 39.1 Å². The first-order valence-corrected chi connectivity index (χ1v) is 11.2. The molecule has 0 radical (unpaired) electrons. The summed E-state index contributed by atoms with van der Waals surface area (Å²) >= 11 is 1.83. The molecule has 2 aromatic rings. The van der Waals surface area contributed by atoms with Crippen LogP contribution < -0.4 is 9.47 Å². The van der Waals surface area contributed by atoms with E-state index in [9.17, 15) is 9.59 Å². The highest BCUT2D eigenvalue weighted by Crippen LogP contribution is 2.44. The maximum atomic E-state index is 12.9. The molecular formula is C23H26N2O4S. The van der Waals surface area contributed by atoms with E-state index in [1.165, 1.54) is 0 Å². The van der Waals surface area contributed by atoms with Crippen molar-refractivity contribution in [2.45, 2.75) is 17.7 Å². The van der Waals surface area contributed by atoms with Gasteiger partial charge in [0.05, 0.1) is 12.0 Å². The number of amides is 2. The summed E-state index contributed by atoms with van der Waals surface area (Å²) in [5, 5.41) is 0. The number of para-hydroxylation sites is 1. The molecule has 2 saturated heterocycles. The quantitative estimate of drug-likeness (QED) is 0.734. The van der Waals surface area contributed by atoms with Crippen molar-refractivity contribution in [2.24, 2.45) is 0 Å². The van der Waals surface area contributed by atoms with Crippen molar-refractivity contribution >= 4 is 23.6 Å². The molecule has 30 heavy (non-hydrogen) atoms. The number of rotatable bonds is 5. The number of likely N-dealkylation sites (tertiary alicyclic amines) is 1. The van der Waals surface area contributed by atoms with Gasteiger partial charge >= 0.3 is 0 Å². The number of thioether (sulfide) groups is 1. The number of methoxy groups -OCH3 is 1. The Morgan fingerprint density at radius 2 is 1.73 bits per heavy atom. The summed E-state index contributed by atoms with van der Waals surface area (Å²) in [5.74, 6) is 2.32. The van der Waals surface area contributed by atoms with Crippen LogP contribution in [0.15, 0.2) is 54.6 Å². The van der Waals surface area contributed by atoms with E-state index in [-0.39, 0.29) is 23.3 Å². The molecule has 0 saturated carbocycles. The zero-order chi connectivity index (χ0) is 21.0. The third-order valence-electron chi connectivity index (χ3n) is 5.73. The van der Waals surface area contributed by atoms with Gasteiger partial charge in [0.25, 0.3) is 11.8 Å². The minimum absolute atomic E-state index is 0.0106. The number of carbonyl (C=O) groups excluding carboxylic acids is 2. The average molecular weight is 427 g/mol. The molecule has 4 rings (SSSR count). The lowest BCUT2D eigenvalue weighted by atomic mass is 10.0. The molecule has 2 heterocycles. The summed E-state index contributed by atoms with van der Waals surface area (Å²) in [5.41, 5.74) is 0.633. The molecule has 0 N–H and O–H groups in total. The lowest BCUT2D eigenvalue weighted by molar-refractivity contribution is -0.136. The van der Waals surface area contributed by atoms with Gasteiger partial charge in [-0.25, -0.2) is 0 Å². The number of carbonyl (C=O) groups is 2. The van der Waals surface area contributed by atoms with E-state index in [0.29, 0.717) is 30.2 Å². The lowest BCUT2D eigenvalue weighted by Crippen LogP contribution is -2.54. The van der Waals surface area contributed by atoms with Crippen LogP contribution in [0, 0.1) is 0 Å². The van der Waals surface area contributed by atoms with Gasteiger partial charge < -0.3 is 19.3 Å². The Hall–Kier alpha value is -2.67. The Labute approximate surface area is 181 Å². The molecule has 158 valence electrons. The average Bonchev–Trinajstić information content (AvgIpc) is 3.21. The molecule has 0 aliphatic carbocycles. The third-order valence-corrected chi connectivity index (χ3v) is 7.29. The van der Waals surface area contributed by atoms with E-state index in [1.807, 2.05) is 70.1 Å². The minimum Gasteiger partial charge on any atom is -0.497 e.